The first-order chi connectivity index (χ1) is 28.6. The van der Waals surface area contributed by atoms with Crippen LogP contribution in [0.2, 0.25) is 0 Å². The van der Waals surface area contributed by atoms with E-state index < -0.39 is 14.3 Å². The minimum absolute atomic E-state index is 0.225. The summed E-state index contributed by atoms with van der Waals surface area (Å²) < 4.78 is 55.6. The molecule has 8 rings (SSSR count). The number of ether oxygens (including phenoxy) is 4. The van der Waals surface area contributed by atoms with Crippen molar-refractivity contribution in [1.82, 2.24) is 0 Å². The summed E-state index contributed by atoms with van der Waals surface area (Å²) in [6, 6.07) is 65.1. The summed E-state index contributed by atoms with van der Waals surface area (Å²) in [5, 5.41) is 6.04. The average molecular weight is 801 g/mol. The minimum Gasteiger partial charge on any atom is -0.489 e. The fraction of sp³-hybridized carbons (Fsp3) is 0.0800. The number of hydrogen-bond acceptors (Lipinski definition) is 6. The number of rotatable bonds is 16. The Morgan fingerprint density at radius 3 is 0.914 bits per heavy atom. The summed E-state index contributed by atoms with van der Waals surface area (Å²) in [5.74, 6) is 2.41. The van der Waals surface area contributed by atoms with Crippen LogP contribution in [-0.4, -0.2) is 26.4 Å². The third kappa shape index (κ3) is 7.95. The lowest BCUT2D eigenvalue weighted by Gasteiger charge is -2.23. The van der Waals surface area contributed by atoms with E-state index in [-0.39, 0.29) is 26.4 Å². The summed E-state index contributed by atoms with van der Waals surface area (Å²) >= 11 is 0. The molecule has 0 N–H and O–H groups in total. The van der Waals surface area contributed by atoms with E-state index in [1.807, 2.05) is 206 Å². The van der Waals surface area contributed by atoms with Gasteiger partial charge in [-0.1, -0.05) is 170 Å². The first kappa shape index (κ1) is 38.5. The Labute approximate surface area is 339 Å². The Bertz CT molecular complexity index is 2420. The van der Waals surface area contributed by atoms with E-state index in [9.17, 15) is 0 Å². The molecule has 0 saturated carbocycles. The standard InChI is InChI=1S/C50H42O6P2/c51-57(40-21-5-1-6-22-40,41-23-7-2-8-24-41)48-33-15-13-29-44(48)53-35-37-55-46-31-17-19-39-20-18-32-47(50(39)46)56-38-36-54-45-30-14-16-34-49(45)58(52,42-25-9-3-10-26-42)43-27-11-4-12-28-43/h1-34H,35-38H2. The number of fused-ring (bicyclic) bond motifs is 1. The summed E-state index contributed by atoms with van der Waals surface area (Å²) in [4.78, 5) is 0. The van der Waals surface area contributed by atoms with E-state index in [2.05, 4.69) is 0 Å². The molecule has 6 nitrogen and oxygen atoms in total. The van der Waals surface area contributed by atoms with Crippen molar-refractivity contribution in [1.29, 1.82) is 0 Å². The van der Waals surface area contributed by atoms with Crippen molar-refractivity contribution in [3.8, 4) is 23.0 Å². The molecule has 0 aliphatic rings. The normalized spacial score (nSPS) is 11.5. The molecule has 0 saturated heterocycles. The summed E-state index contributed by atoms with van der Waals surface area (Å²) in [6.45, 7) is 0.934. The Balaban J connectivity index is 0.965. The smallest absolute Gasteiger partial charge is 0.174 e. The SMILES string of the molecule is O=P(c1ccccc1)(c1ccccc1)c1ccccc1OCCOc1cccc2cccc(OCCOc3ccccc3P(=O)(c3ccccc3)c3ccccc3)c12. The van der Waals surface area contributed by atoms with E-state index >= 15 is 9.13 Å². The van der Waals surface area contributed by atoms with Crippen molar-refractivity contribution < 1.29 is 28.1 Å². The minimum atomic E-state index is -3.24. The van der Waals surface area contributed by atoms with Crippen LogP contribution in [0.15, 0.2) is 206 Å². The molecule has 0 aliphatic carbocycles. The molecule has 58 heavy (non-hydrogen) atoms. The van der Waals surface area contributed by atoms with Gasteiger partial charge in [-0.05, 0) is 41.8 Å². The maximum Gasteiger partial charge on any atom is 0.174 e. The second-order valence-electron chi connectivity index (χ2n) is 13.5. The van der Waals surface area contributed by atoms with Crippen molar-refractivity contribution in [2.75, 3.05) is 26.4 Å². The summed E-state index contributed by atoms with van der Waals surface area (Å²) in [7, 11) is -6.48. The molecule has 0 atom stereocenters. The van der Waals surface area contributed by atoms with Crippen LogP contribution in [0, 0.1) is 0 Å². The Morgan fingerprint density at radius 2 is 0.569 bits per heavy atom. The molecule has 0 aromatic heterocycles. The quantitative estimate of drug-likeness (QED) is 0.0718. The molecule has 0 heterocycles. The van der Waals surface area contributed by atoms with E-state index in [0.717, 1.165) is 32.0 Å². The highest BCUT2D eigenvalue weighted by atomic mass is 31.2. The first-order valence-electron chi connectivity index (χ1n) is 19.2. The Kier molecular flexibility index (Phi) is 11.9. The monoisotopic (exact) mass is 800 g/mol. The van der Waals surface area contributed by atoms with Crippen LogP contribution >= 0.6 is 14.3 Å². The van der Waals surface area contributed by atoms with Gasteiger partial charge < -0.3 is 28.1 Å². The molecule has 0 fully saturated rings. The molecule has 288 valence electrons. The molecule has 0 radical (unpaired) electrons. The van der Waals surface area contributed by atoms with E-state index in [0.29, 0.717) is 33.6 Å². The van der Waals surface area contributed by atoms with Crippen molar-refractivity contribution >= 4 is 56.9 Å². The van der Waals surface area contributed by atoms with Crippen LogP contribution in [0.4, 0.5) is 0 Å². The fourth-order valence-electron chi connectivity index (χ4n) is 7.21. The van der Waals surface area contributed by atoms with Gasteiger partial charge in [0.05, 0.1) is 16.0 Å². The van der Waals surface area contributed by atoms with Crippen molar-refractivity contribution in [2.24, 2.45) is 0 Å². The van der Waals surface area contributed by atoms with Gasteiger partial charge in [0.25, 0.3) is 0 Å². The van der Waals surface area contributed by atoms with E-state index in [1.54, 1.807) is 0 Å². The van der Waals surface area contributed by atoms with Crippen LogP contribution in [0.1, 0.15) is 0 Å². The number of para-hydroxylation sites is 2. The van der Waals surface area contributed by atoms with Crippen molar-refractivity contribution in [3.63, 3.8) is 0 Å². The highest BCUT2D eigenvalue weighted by Crippen LogP contribution is 2.46. The zero-order valence-corrected chi connectivity index (χ0v) is 33.6. The molecular weight excluding hydrogens is 758 g/mol. The van der Waals surface area contributed by atoms with Gasteiger partial charge >= 0.3 is 0 Å². The highest BCUT2D eigenvalue weighted by Gasteiger charge is 2.33. The van der Waals surface area contributed by atoms with Gasteiger partial charge in [-0.2, -0.15) is 0 Å². The molecule has 0 aliphatic heterocycles. The van der Waals surface area contributed by atoms with E-state index in [1.165, 1.54) is 0 Å². The van der Waals surface area contributed by atoms with Crippen LogP contribution < -0.4 is 50.8 Å². The fourth-order valence-corrected chi connectivity index (χ4v) is 12.8. The highest BCUT2D eigenvalue weighted by molar-refractivity contribution is 7.86. The second-order valence-corrected chi connectivity index (χ2v) is 19.0. The average Bonchev–Trinajstić information content (AvgIpc) is 3.30. The second kappa shape index (κ2) is 17.9. The zero-order valence-electron chi connectivity index (χ0n) is 31.8. The third-order valence-electron chi connectivity index (χ3n) is 9.91. The molecule has 0 bridgehead atoms. The van der Waals surface area contributed by atoms with Crippen LogP contribution in [0.5, 0.6) is 23.0 Å². The lowest BCUT2D eigenvalue weighted by atomic mass is 10.1. The largest absolute Gasteiger partial charge is 0.489 e. The van der Waals surface area contributed by atoms with Gasteiger partial charge in [0.15, 0.2) is 14.3 Å². The Hall–Kier alpha value is -6.32. The maximum absolute atomic E-state index is 15.1. The molecule has 0 unspecified atom stereocenters. The van der Waals surface area contributed by atoms with Crippen LogP contribution in [0.25, 0.3) is 10.8 Å². The molecular formula is C50H42O6P2. The lowest BCUT2D eigenvalue weighted by Crippen LogP contribution is -2.26. The summed E-state index contributed by atoms with van der Waals surface area (Å²) in [5.41, 5.74) is 0. The van der Waals surface area contributed by atoms with Gasteiger partial charge in [0.1, 0.15) is 49.4 Å². The number of benzene rings is 8. The van der Waals surface area contributed by atoms with Gasteiger partial charge in [-0.3, -0.25) is 0 Å². The zero-order chi connectivity index (χ0) is 39.6. The van der Waals surface area contributed by atoms with Crippen molar-refractivity contribution in [3.05, 3.63) is 206 Å². The van der Waals surface area contributed by atoms with Gasteiger partial charge in [-0.15, -0.1) is 0 Å². The molecule has 0 amide bonds. The van der Waals surface area contributed by atoms with Gasteiger partial charge in [0, 0.05) is 21.2 Å². The molecule has 8 aromatic carbocycles. The molecule has 8 heteroatoms. The third-order valence-corrected chi connectivity index (χ3v) is 16.1. The van der Waals surface area contributed by atoms with Crippen LogP contribution in [0.3, 0.4) is 0 Å². The topological polar surface area (TPSA) is 71.1 Å². The first-order valence-corrected chi connectivity index (χ1v) is 22.6. The Morgan fingerprint density at radius 1 is 0.293 bits per heavy atom. The summed E-state index contributed by atoms with van der Waals surface area (Å²) in [6.07, 6.45) is 0. The van der Waals surface area contributed by atoms with Gasteiger partial charge in [0.2, 0.25) is 0 Å². The lowest BCUT2D eigenvalue weighted by molar-refractivity contribution is 0.214. The number of hydrogen-bond donors (Lipinski definition) is 0. The van der Waals surface area contributed by atoms with Crippen LogP contribution in [-0.2, 0) is 9.13 Å². The maximum atomic E-state index is 15.1. The van der Waals surface area contributed by atoms with Gasteiger partial charge in [-0.25, -0.2) is 0 Å². The predicted molar refractivity (Wildman–Crippen MR) is 238 cm³/mol. The van der Waals surface area contributed by atoms with Crippen molar-refractivity contribution in [2.45, 2.75) is 0 Å². The predicted octanol–water partition coefficient (Wildman–Crippen LogP) is 9.03. The van der Waals surface area contributed by atoms with E-state index in [4.69, 9.17) is 18.9 Å². The molecule has 8 aromatic rings. The molecule has 0 spiro atoms.